The summed E-state index contributed by atoms with van der Waals surface area (Å²) in [6, 6.07) is 0.586. The van der Waals surface area contributed by atoms with Gasteiger partial charge in [0.25, 0.3) is 5.91 Å². The maximum Gasteiger partial charge on any atom is 0.257 e. The first-order valence-electron chi connectivity index (χ1n) is 8.98. The summed E-state index contributed by atoms with van der Waals surface area (Å²) in [5.74, 6) is 1.34. The molecule has 8 heteroatoms. The highest BCUT2D eigenvalue weighted by Gasteiger charge is 2.33. The van der Waals surface area contributed by atoms with Gasteiger partial charge < -0.3 is 19.9 Å². The number of likely N-dealkylation sites (tertiary alicyclic amines) is 1. The standard InChI is InChI=1S/C17H25N5O2.ClH/c23-16(22-5-3-15-13(12-22)2-1-4-18-15)14-10-19-17(20-11-14)21-6-8-24-9-7-21;/h10-11,13,15,18H,1-9,12H2;1H/t13-,15+;/m1./s1. The van der Waals surface area contributed by atoms with Gasteiger partial charge in [0.2, 0.25) is 5.95 Å². The van der Waals surface area contributed by atoms with Crippen LogP contribution in [0.5, 0.6) is 0 Å². The third-order valence-corrected chi connectivity index (χ3v) is 5.36. The van der Waals surface area contributed by atoms with Crippen LogP contribution in [0.25, 0.3) is 0 Å². The van der Waals surface area contributed by atoms with Gasteiger partial charge in [-0.3, -0.25) is 4.79 Å². The quantitative estimate of drug-likeness (QED) is 0.839. The number of carbonyl (C=O) groups is 1. The van der Waals surface area contributed by atoms with Crippen molar-refractivity contribution in [1.29, 1.82) is 0 Å². The van der Waals surface area contributed by atoms with E-state index in [9.17, 15) is 4.79 Å². The zero-order chi connectivity index (χ0) is 16.4. The van der Waals surface area contributed by atoms with Crippen LogP contribution in [0.15, 0.2) is 12.4 Å². The summed E-state index contributed by atoms with van der Waals surface area (Å²) in [5, 5.41) is 3.59. The molecule has 0 aliphatic carbocycles. The molecule has 3 aliphatic heterocycles. The maximum absolute atomic E-state index is 12.8. The van der Waals surface area contributed by atoms with Crippen molar-refractivity contribution in [3.8, 4) is 0 Å². The second kappa shape index (κ2) is 8.29. The molecule has 2 atom stereocenters. The number of anilines is 1. The molecule has 4 rings (SSSR count). The van der Waals surface area contributed by atoms with Gasteiger partial charge in [-0.1, -0.05) is 0 Å². The van der Waals surface area contributed by atoms with Gasteiger partial charge in [-0.15, -0.1) is 12.4 Å². The number of ether oxygens (including phenoxy) is 1. The minimum atomic E-state index is 0. The van der Waals surface area contributed by atoms with Crippen LogP contribution in [0.1, 0.15) is 29.6 Å². The highest BCUT2D eigenvalue weighted by molar-refractivity contribution is 5.93. The molecule has 0 bridgehead atoms. The van der Waals surface area contributed by atoms with Crippen molar-refractivity contribution in [2.45, 2.75) is 25.3 Å². The first-order valence-corrected chi connectivity index (χ1v) is 8.98. The third kappa shape index (κ3) is 4.04. The van der Waals surface area contributed by atoms with Gasteiger partial charge in [-0.2, -0.15) is 0 Å². The first-order chi connectivity index (χ1) is 11.8. The smallest absolute Gasteiger partial charge is 0.257 e. The second-order valence-corrected chi connectivity index (χ2v) is 6.87. The fourth-order valence-electron chi connectivity index (χ4n) is 3.97. The molecule has 0 aromatic carbocycles. The molecule has 3 aliphatic rings. The van der Waals surface area contributed by atoms with E-state index in [1.54, 1.807) is 12.4 Å². The van der Waals surface area contributed by atoms with E-state index in [4.69, 9.17) is 4.74 Å². The molecule has 7 nitrogen and oxygen atoms in total. The average molecular weight is 368 g/mol. The van der Waals surface area contributed by atoms with Crippen molar-refractivity contribution in [2.75, 3.05) is 50.8 Å². The van der Waals surface area contributed by atoms with Crippen LogP contribution in [-0.2, 0) is 4.74 Å². The van der Waals surface area contributed by atoms with Crippen molar-refractivity contribution < 1.29 is 9.53 Å². The molecule has 1 N–H and O–H groups in total. The van der Waals surface area contributed by atoms with Crippen LogP contribution >= 0.6 is 12.4 Å². The number of hydrogen-bond donors (Lipinski definition) is 1. The summed E-state index contributed by atoms with van der Waals surface area (Å²) in [6.45, 7) is 5.79. The van der Waals surface area contributed by atoms with Crippen molar-refractivity contribution in [1.82, 2.24) is 20.2 Å². The molecule has 1 aromatic heterocycles. The Labute approximate surface area is 154 Å². The maximum atomic E-state index is 12.8. The number of halogens is 1. The zero-order valence-corrected chi connectivity index (χ0v) is 15.2. The number of rotatable bonds is 2. The third-order valence-electron chi connectivity index (χ3n) is 5.36. The van der Waals surface area contributed by atoms with Gasteiger partial charge in [0.1, 0.15) is 0 Å². The molecule has 0 spiro atoms. The predicted octanol–water partition coefficient (Wildman–Crippen LogP) is 0.949. The highest BCUT2D eigenvalue weighted by atomic mass is 35.5. The van der Waals surface area contributed by atoms with E-state index in [1.807, 2.05) is 4.90 Å². The van der Waals surface area contributed by atoms with E-state index in [-0.39, 0.29) is 18.3 Å². The molecule has 0 radical (unpaired) electrons. The number of piperidine rings is 2. The summed E-state index contributed by atoms with van der Waals surface area (Å²) in [4.78, 5) is 25.6. The monoisotopic (exact) mass is 367 g/mol. The summed E-state index contributed by atoms with van der Waals surface area (Å²) >= 11 is 0. The van der Waals surface area contributed by atoms with Crippen molar-refractivity contribution in [3.05, 3.63) is 18.0 Å². The number of nitrogens with one attached hydrogen (secondary N) is 1. The van der Waals surface area contributed by atoms with Crippen LogP contribution in [0.2, 0.25) is 0 Å². The molecule has 0 unspecified atom stereocenters. The molecule has 0 saturated carbocycles. The molecule has 138 valence electrons. The number of hydrogen-bond acceptors (Lipinski definition) is 6. The minimum absolute atomic E-state index is 0. The Morgan fingerprint density at radius 3 is 2.68 bits per heavy atom. The number of nitrogens with zero attached hydrogens (tertiary/aromatic N) is 4. The van der Waals surface area contributed by atoms with Gasteiger partial charge in [-0.25, -0.2) is 9.97 Å². The van der Waals surface area contributed by atoms with Crippen LogP contribution in [0.4, 0.5) is 5.95 Å². The van der Waals surface area contributed by atoms with E-state index in [0.717, 1.165) is 39.1 Å². The van der Waals surface area contributed by atoms with E-state index in [1.165, 1.54) is 12.8 Å². The lowest BCUT2D eigenvalue weighted by molar-refractivity contribution is 0.0592. The highest BCUT2D eigenvalue weighted by Crippen LogP contribution is 2.25. The average Bonchev–Trinajstić information content (AvgIpc) is 2.68. The molecule has 3 fully saturated rings. The van der Waals surface area contributed by atoms with Crippen molar-refractivity contribution in [3.63, 3.8) is 0 Å². The summed E-state index contributed by atoms with van der Waals surface area (Å²) in [6.07, 6.45) is 6.81. The number of aromatic nitrogens is 2. The molecular formula is C17H26ClN5O2. The first kappa shape index (κ1) is 18.4. The number of carbonyl (C=O) groups excluding carboxylic acids is 1. The SMILES string of the molecule is Cl.O=C(c1cnc(N2CCOCC2)nc1)N1CC[C@@H]2NCCC[C@@H]2C1. The molecule has 3 saturated heterocycles. The molecule has 1 amide bonds. The van der Waals surface area contributed by atoms with Gasteiger partial charge in [0, 0.05) is 44.6 Å². The predicted molar refractivity (Wildman–Crippen MR) is 97.3 cm³/mol. The Morgan fingerprint density at radius 2 is 1.92 bits per heavy atom. The van der Waals surface area contributed by atoms with Gasteiger partial charge in [-0.05, 0) is 31.7 Å². The summed E-state index contributed by atoms with van der Waals surface area (Å²) < 4.78 is 5.34. The molecule has 1 aromatic rings. The van der Waals surface area contributed by atoms with Crippen LogP contribution in [0.3, 0.4) is 0 Å². The van der Waals surface area contributed by atoms with E-state index in [2.05, 4.69) is 20.2 Å². The Morgan fingerprint density at radius 1 is 1.16 bits per heavy atom. The fraction of sp³-hybridized carbons (Fsp3) is 0.706. The number of amides is 1. The van der Waals surface area contributed by atoms with Crippen LogP contribution in [-0.4, -0.2) is 72.8 Å². The lowest BCUT2D eigenvalue weighted by atomic mass is 9.85. The number of morpholine rings is 1. The van der Waals surface area contributed by atoms with Crippen LogP contribution < -0.4 is 10.2 Å². The molecular weight excluding hydrogens is 342 g/mol. The van der Waals surface area contributed by atoms with Gasteiger partial charge >= 0.3 is 0 Å². The van der Waals surface area contributed by atoms with E-state index in [0.29, 0.717) is 36.7 Å². The Balaban J connectivity index is 0.00000182. The Kier molecular flexibility index (Phi) is 6.09. The Hall–Kier alpha value is -1.44. The topological polar surface area (TPSA) is 70.6 Å². The second-order valence-electron chi connectivity index (χ2n) is 6.87. The van der Waals surface area contributed by atoms with E-state index < -0.39 is 0 Å². The molecule has 4 heterocycles. The molecule has 25 heavy (non-hydrogen) atoms. The Bertz CT molecular complexity index is 579. The van der Waals surface area contributed by atoms with Gasteiger partial charge in [0.15, 0.2) is 0 Å². The lowest BCUT2D eigenvalue weighted by Gasteiger charge is -2.41. The van der Waals surface area contributed by atoms with E-state index >= 15 is 0 Å². The fourth-order valence-corrected chi connectivity index (χ4v) is 3.97. The lowest BCUT2D eigenvalue weighted by Crippen LogP contribution is -2.53. The normalized spacial score (nSPS) is 26.6. The zero-order valence-electron chi connectivity index (χ0n) is 14.4. The van der Waals surface area contributed by atoms with Gasteiger partial charge in [0.05, 0.1) is 18.8 Å². The van der Waals surface area contributed by atoms with Crippen LogP contribution in [0, 0.1) is 5.92 Å². The largest absolute Gasteiger partial charge is 0.378 e. The summed E-state index contributed by atoms with van der Waals surface area (Å²) in [5.41, 5.74) is 0.592. The minimum Gasteiger partial charge on any atom is -0.378 e. The number of fused-ring (bicyclic) bond motifs is 1. The van der Waals surface area contributed by atoms with Crippen molar-refractivity contribution in [2.24, 2.45) is 5.92 Å². The van der Waals surface area contributed by atoms with Crippen molar-refractivity contribution >= 4 is 24.3 Å². The summed E-state index contributed by atoms with van der Waals surface area (Å²) in [7, 11) is 0.